The van der Waals surface area contributed by atoms with Crippen LogP contribution >= 0.6 is 0 Å². The maximum absolute atomic E-state index is 12.4. The average Bonchev–Trinajstić information content (AvgIpc) is 2.60. The molecule has 1 amide bonds. The number of para-hydroxylation sites is 1. The van der Waals surface area contributed by atoms with Crippen LogP contribution in [0.3, 0.4) is 0 Å². The molecule has 0 radical (unpaired) electrons. The molecule has 0 aromatic heterocycles. The van der Waals surface area contributed by atoms with Crippen molar-refractivity contribution in [2.75, 3.05) is 0 Å². The second-order valence-electron chi connectivity index (χ2n) is 6.09. The normalized spacial score (nSPS) is 11.8. The van der Waals surface area contributed by atoms with Crippen LogP contribution in [-0.4, -0.2) is 16.8 Å². The number of ether oxygens (including phenoxy) is 1. The molecule has 0 N–H and O–H groups in total. The van der Waals surface area contributed by atoms with Crippen molar-refractivity contribution < 1.29 is 9.53 Å². The van der Waals surface area contributed by atoms with Gasteiger partial charge < -0.3 is 9.64 Å². The third-order valence-electron chi connectivity index (χ3n) is 4.14. The zero-order valence-corrected chi connectivity index (χ0v) is 14.9. The summed E-state index contributed by atoms with van der Waals surface area (Å²) in [6.07, 6.45) is 2.43. The summed E-state index contributed by atoms with van der Waals surface area (Å²) in [5.74, 6) is 1.84. The van der Waals surface area contributed by atoms with Crippen LogP contribution in [-0.2, 0) is 11.3 Å². The lowest BCUT2D eigenvalue weighted by molar-refractivity contribution is -0.134. The molecule has 0 saturated heterocycles. The van der Waals surface area contributed by atoms with Gasteiger partial charge in [-0.15, -0.1) is 0 Å². The predicted octanol–water partition coefficient (Wildman–Crippen LogP) is 5.41. The number of rotatable bonds is 8. The highest BCUT2D eigenvalue weighted by atomic mass is 16.5. The van der Waals surface area contributed by atoms with Crippen molar-refractivity contribution >= 4 is 5.91 Å². The number of hydrogen-bond donors (Lipinski definition) is 0. The number of benzene rings is 2. The third kappa shape index (κ3) is 5.12. The lowest BCUT2D eigenvalue weighted by atomic mass is 10.1. The molecule has 2 aromatic carbocycles. The van der Waals surface area contributed by atoms with E-state index >= 15 is 0 Å². The Morgan fingerprint density at radius 1 is 1.04 bits per heavy atom. The van der Waals surface area contributed by atoms with Crippen LogP contribution in [0.25, 0.3) is 0 Å². The van der Waals surface area contributed by atoms with Gasteiger partial charge in [0.15, 0.2) is 0 Å². The summed E-state index contributed by atoms with van der Waals surface area (Å²) in [7, 11) is 0. The summed E-state index contributed by atoms with van der Waals surface area (Å²) < 4.78 is 5.89. The number of carbonyl (C=O) groups excluding carboxylic acids is 1. The van der Waals surface area contributed by atoms with Gasteiger partial charge >= 0.3 is 0 Å². The van der Waals surface area contributed by atoms with E-state index in [0.29, 0.717) is 13.0 Å². The van der Waals surface area contributed by atoms with E-state index in [1.54, 1.807) is 0 Å². The fourth-order valence-electron chi connectivity index (χ4n) is 2.60. The fourth-order valence-corrected chi connectivity index (χ4v) is 2.60. The first kappa shape index (κ1) is 18.1. The lowest BCUT2D eigenvalue weighted by Crippen LogP contribution is -2.37. The van der Waals surface area contributed by atoms with Gasteiger partial charge in [-0.05, 0) is 49.6 Å². The predicted molar refractivity (Wildman–Crippen MR) is 98.2 cm³/mol. The van der Waals surface area contributed by atoms with Crippen LogP contribution in [0.1, 0.15) is 45.6 Å². The van der Waals surface area contributed by atoms with Gasteiger partial charge in [0.05, 0.1) is 0 Å². The molecule has 24 heavy (non-hydrogen) atoms. The first-order valence-corrected chi connectivity index (χ1v) is 8.75. The minimum Gasteiger partial charge on any atom is -0.457 e. The highest BCUT2D eigenvalue weighted by molar-refractivity contribution is 5.76. The molecule has 0 fully saturated rings. The second kappa shape index (κ2) is 9.11. The van der Waals surface area contributed by atoms with E-state index in [1.807, 2.05) is 66.4 Å². The summed E-state index contributed by atoms with van der Waals surface area (Å²) in [5.41, 5.74) is 1.09. The molecular formula is C21H27NO2. The molecule has 0 bridgehead atoms. The molecular weight excluding hydrogens is 298 g/mol. The van der Waals surface area contributed by atoms with Crippen LogP contribution in [0.2, 0.25) is 0 Å². The topological polar surface area (TPSA) is 29.5 Å². The number of amides is 1. The Morgan fingerprint density at radius 2 is 1.75 bits per heavy atom. The van der Waals surface area contributed by atoms with E-state index < -0.39 is 0 Å². The Labute approximate surface area is 145 Å². The average molecular weight is 325 g/mol. The monoisotopic (exact) mass is 325 g/mol. The first-order chi connectivity index (χ1) is 11.6. The molecule has 128 valence electrons. The Hall–Kier alpha value is -2.29. The Balaban J connectivity index is 2.12. The molecule has 3 heteroatoms. The van der Waals surface area contributed by atoms with Crippen molar-refractivity contribution in [2.24, 2.45) is 0 Å². The quantitative estimate of drug-likeness (QED) is 0.650. The first-order valence-electron chi connectivity index (χ1n) is 8.75. The second-order valence-corrected chi connectivity index (χ2v) is 6.09. The molecule has 3 nitrogen and oxygen atoms in total. The molecule has 1 unspecified atom stereocenters. The van der Waals surface area contributed by atoms with Crippen molar-refractivity contribution in [2.45, 2.75) is 52.6 Å². The zero-order chi connectivity index (χ0) is 17.4. The van der Waals surface area contributed by atoms with Crippen molar-refractivity contribution in [1.82, 2.24) is 4.90 Å². The molecule has 2 aromatic rings. The summed E-state index contributed by atoms with van der Waals surface area (Å²) in [4.78, 5) is 14.4. The van der Waals surface area contributed by atoms with Crippen molar-refractivity contribution in [3.05, 3.63) is 60.2 Å². The Morgan fingerprint density at radius 3 is 2.42 bits per heavy atom. The van der Waals surface area contributed by atoms with Gasteiger partial charge in [0.25, 0.3) is 0 Å². The van der Waals surface area contributed by atoms with Crippen LogP contribution in [0, 0.1) is 0 Å². The maximum Gasteiger partial charge on any atom is 0.223 e. The highest BCUT2D eigenvalue weighted by Crippen LogP contribution is 2.23. The van der Waals surface area contributed by atoms with Gasteiger partial charge in [0.2, 0.25) is 5.91 Å². The number of nitrogens with zero attached hydrogens (tertiary/aromatic N) is 1. The number of carbonyl (C=O) groups is 1. The van der Waals surface area contributed by atoms with Crippen LogP contribution < -0.4 is 4.74 Å². The molecule has 0 saturated carbocycles. The zero-order valence-electron chi connectivity index (χ0n) is 14.9. The Kier molecular flexibility index (Phi) is 6.86. The van der Waals surface area contributed by atoms with Gasteiger partial charge in [-0.1, -0.05) is 44.2 Å². The molecule has 2 rings (SSSR count). The molecule has 0 heterocycles. The lowest BCUT2D eigenvalue weighted by Gasteiger charge is -2.29. The Bertz CT molecular complexity index is 639. The summed E-state index contributed by atoms with van der Waals surface area (Å²) in [6.45, 7) is 6.89. The van der Waals surface area contributed by atoms with E-state index in [1.165, 1.54) is 0 Å². The standard InChI is InChI=1S/C21H27NO2/c1-4-10-21(23)22(17(3)5-2)16-18-11-9-14-20(15-18)24-19-12-7-6-8-13-19/h6-9,11-15,17H,4-5,10,16H2,1-3H3. The maximum atomic E-state index is 12.4. The number of hydrogen-bond acceptors (Lipinski definition) is 2. The van der Waals surface area contributed by atoms with Crippen molar-refractivity contribution in [3.63, 3.8) is 0 Å². The summed E-state index contributed by atoms with van der Waals surface area (Å²) in [5, 5.41) is 0. The molecule has 1 atom stereocenters. The smallest absolute Gasteiger partial charge is 0.223 e. The van der Waals surface area contributed by atoms with Crippen molar-refractivity contribution in [3.8, 4) is 11.5 Å². The highest BCUT2D eigenvalue weighted by Gasteiger charge is 2.18. The van der Waals surface area contributed by atoms with E-state index in [9.17, 15) is 4.79 Å². The molecule has 0 spiro atoms. The van der Waals surface area contributed by atoms with Gasteiger partial charge in [0, 0.05) is 19.0 Å². The van der Waals surface area contributed by atoms with Crippen LogP contribution in [0.4, 0.5) is 0 Å². The summed E-state index contributed by atoms with van der Waals surface area (Å²) in [6, 6.07) is 18.0. The van der Waals surface area contributed by atoms with Crippen molar-refractivity contribution in [1.29, 1.82) is 0 Å². The van der Waals surface area contributed by atoms with Gasteiger partial charge in [-0.2, -0.15) is 0 Å². The molecule has 0 aliphatic heterocycles. The van der Waals surface area contributed by atoms with Gasteiger partial charge in [-0.3, -0.25) is 4.79 Å². The van der Waals surface area contributed by atoms with Crippen LogP contribution in [0.5, 0.6) is 11.5 Å². The SMILES string of the molecule is CCCC(=O)N(Cc1cccc(Oc2ccccc2)c1)C(C)CC. The third-order valence-corrected chi connectivity index (χ3v) is 4.14. The van der Waals surface area contributed by atoms with Crippen LogP contribution in [0.15, 0.2) is 54.6 Å². The van der Waals surface area contributed by atoms with E-state index in [0.717, 1.165) is 29.9 Å². The summed E-state index contributed by atoms with van der Waals surface area (Å²) >= 11 is 0. The largest absolute Gasteiger partial charge is 0.457 e. The van der Waals surface area contributed by atoms with E-state index in [4.69, 9.17) is 4.74 Å². The minimum absolute atomic E-state index is 0.223. The van der Waals surface area contributed by atoms with Gasteiger partial charge in [0.1, 0.15) is 11.5 Å². The van der Waals surface area contributed by atoms with E-state index in [-0.39, 0.29) is 11.9 Å². The van der Waals surface area contributed by atoms with Gasteiger partial charge in [-0.25, -0.2) is 0 Å². The molecule has 0 aliphatic rings. The molecule has 0 aliphatic carbocycles. The minimum atomic E-state index is 0.223. The fraction of sp³-hybridized carbons (Fsp3) is 0.381. The van der Waals surface area contributed by atoms with E-state index in [2.05, 4.69) is 13.8 Å².